The highest BCUT2D eigenvalue weighted by atomic mass is 16.6. The molecule has 0 saturated carbocycles. The number of nitrogen functional groups attached to an aromatic ring is 1. The summed E-state index contributed by atoms with van der Waals surface area (Å²) in [6, 6.07) is 0. The summed E-state index contributed by atoms with van der Waals surface area (Å²) >= 11 is 0. The van der Waals surface area contributed by atoms with Crippen molar-refractivity contribution in [2.24, 2.45) is 5.41 Å². The van der Waals surface area contributed by atoms with E-state index in [2.05, 4.69) is 22.2 Å². The van der Waals surface area contributed by atoms with Crippen molar-refractivity contribution in [3.05, 3.63) is 16.4 Å². The standard InChI is InChI=1S/C11H17N5O3/c1-11(2-4-19-5-3-11)6-13-10-8(16(17)18)9(12)14-7-15-10/h7H,2-6H2,1H3,(H3,12,13,14,15). The molecule has 1 aliphatic rings. The third-order valence-electron chi connectivity index (χ3n) is 3.42. The number of ether oxygens (including phenoxy) is 1. The van der Waals surface area contributed by atoms with Gasteiger partial charge in [-0.25, -0.2) is 9.97 Å². The summed E-state index contributed by atoms with van der Waals surface area (Å²) in [4.78, 5) is 17.9. The van der Waals surface area contributed by atoms with Crippen LogP contribution in [0.3, 0.4) is 0 Å². The zero-order valence-electron chi connectivity index (χ0n) is 10.8. The van der Waals surface area contributed by atoms with Crippen molar-refractivity contribution >= 4 is 17.3 Å². The first-order valence-corrected chi connectivity index (χ1v) is 6.08. The summed E-state index contributed by atoms with van der Waals surface area (Å²) in [7, 11) is 0. The van der Waals surface area contributed by atoms with E-state index in [0.29, 0.717) is 19.8 Å². The van der Waals surface area contributed by atoms with E-state index in [1.54, 1.807) is 0 Å². The van der Waals surface area contributed by atoms with Crippen molar-refractivity contribution in [2.45, 2.75) is 19.8 Å². The van der Waals surface area contributed by atoms with Gasteiger partial charge in [0.2, 0.25) is 11.6 Å². The summed E-state index contributed by atoms with van der Waals surface area (Å²) in [5.41, 5.74) is 5.29. The molecule has 0 radical (unpaired) electrons. The van der Waals surface area contributed by atoms with Gasteiger partial charge in [0, 0.05) is 19.8 Å². The Kier molecular flexibility index (Phi) is 3.79. The molecule has 2 heterocycles. The Hall–Kier alpha value is -1.96. The van der Waals surface area contributed by atoms with E-state index in [1.165, 1.54) is 6.33 Å². The van der Waals surface area contributed by atoms with Gasteiger partial charge in [-0.3, -0.25) is 10.1 Å². The minimum Gasteiger partial charge on any atom is -0.381 e. The molecule has 0 spiro atoms. The van der Waals surface area contributed by atoms with E-state index in [-0.39, 0.29) is 22.7 Å². The zero-order valence-corrected chi connectivity index (χ0v) is 10.8. The van der Waals surface area contributed by atoms with Crippen LogP contribution in [0.25, 0.3) is 0 Å². The van der Waals surface area contributed by atoms with E-state index in [4.69, 9.17) is 10.5 Å². The van der Waals surface area contributed by atoms with Crippen LogP contribution in [-0.2, 0) is 4.74 Å². The molecule has 0 aromatic carbocycles. The van der Waals surface area contributed by atoms with Crippen LogP contribution in [-0.4, -0.2) is 34.6 Å². The molecule has 104 valence electrons. The average molecular weight is 267 g/mol. The third-order valence-corrected chi connectivity index (χ3v) is 3.42. The van der Waals surface area contributed by atoms with E-state index in [0.717, 1.165) is 12.8 Å². The second-order valence-electron chi connectivity index (χ2n) is 4.99. The van der Waals surface area contributed by atoms with Crippen LogP contribution in [0.1, 0.15) is 19.8 Å². The molecule has 3 N–H and O–H groups in total. The van der Waals surface area contributed by atoms with Gasteiger partial charge < -0.3 is 15.8 Å². The maximum absolute atomic E-state index is 11.0. The molecular weight excluding hydrogens is 250 g/mol. The lowest BCUT2D eigenvalue weighted by atomic mass is 9.82. The van der Waals surface area contributed by atoms with Gasteiger partial charge in [-0.2, -0.15) is 0 Å². The second-order valence-corrected chi connectivity index (χ2v) is 4.99. The van der Waals surface area contributed by atoms with Crippen LogP contribution in [0.4, 0.5) is 17.3 Å². The van der Waals surface area contributed by atoms with Gasteiger partial charge in [0.05, 0.1) is 4.92 Å². The van der Waals surface area contributed by atoms with E-state index < -0.39 is 4.92 Å². The van der Waals surface area contributed by atoms with Crippen molar-refractivity contribution in [3.63, 3.8) is 0 Å². The van der Waals surface area contributed by atoms with Crippen LogP contribution in [0.2, 0.25) is 0 Å². The van der Waals surface area contributed by atoms with Crippen molar-refractivity contribution in [3.8, 4) is 0 Å². The van der Waals surface area contributed by atoms with Gasteiger partial charge in [0.1, 0.15) is 6.33 Å². The first kappa shape index (κ1) is 13.5. The fraction of sp³-hybridized carbons (Fsp3) is 0.636. The molecule has 1 saturated heterocycles. The van der Waals surface area contributed by atoms with Crippen molar-refractivity contribution in [1.29, 1.82) is 0 Å². The molecule has 0 bridgehead atoms. The Balaban J connectivity index is 2.11. The molecule has 1 aliphatic heterocycles. The van der Waals surface area contributed by atoms with Crippen LogP contribution in [0, 0.1) is 15.5 Å². The van der Waals surface area contributed by atoms with Crippen molar-refractivity contribution in [2.75, 3.05) is 30.8 Å². The Morgan fingerprint density at radius 3 is 2.84 bits per heavy atom. The lowest BCUT2D eigenvalue weighted by Crippen LogP contribution is -2.33. The van der Waals surface area contributed by atoms with Gasteiger partial charge in [-0.05, 0) is 18.3 Å². The fourth-order valence-electron chi connectivity index (χ4n) is 2.04. The molecule has 0 unspecified atom stereocenters. The van der Waals surface area contributed by atoms with Crippen LogP contribution < -0.4 is 11.1 Å². The molecule has 19 heavy (non-hydrogen) atoms. The first-order valence-electron chi connectivity index (χ1n) is 6.08. The number of nitrogens with zero attached hydrogens (tertiary/aromatic N) is 3. The smallest absolute Gasteiger partial charge is 0.352 e. The fourth-order valence-corrected chi connectivity index (χ4v) is 2.04. The first-order chi connectivity index (χ1) is 9.02. The molecule has 8 nitrogen and oxygen atoms in total. The molecule has 0 amide bonds. The van der Waals surface area contributed by atoms with Gasteiger partial charge in [0.25, 0.3) is 0 Å². The van der Waals surface area contributed by atoms with E-state index >= 15 is 0 Å². The predicted octanol–water partition coefficient (Wildman–Crippen LogP) is 1.20. The monoisotopic (exact) mass is 267 g/mol. The number of rotatable bonds is 4. The van der Waals surface area contributed by atoms with Crippen LogP contribution in [0.15, 0.2) is 6.33 Å². The predicted molar refractivity (Wildman–Crippen MR) is 69.7 cm³/mol. The van der Waals surface area contributed by atoms with Gasteiger partial charge >= 0.3 is 5.69 Å². The number of nitrogens with one attached hydrogen (secondary N) is 1. The molecule has 2 rings (SSSR count). The summed E-state index contributed by atoms with van der Waals surface area (Å²) < 4.78 is 5.32. The minimum atomic E-state index is -0.565. The third kappa shape index (κ3) is 3.08. The summed E-state index contributed by atoms with van der Waals surface area (Å²) in [5, 5.41) is 14.0. The highest BCUT2D eigenvalue weighted by Gasteiger charge is 2.29. The second kappa shape index (κ2) is 5.35. The van der Waals surface area contributed by atoms with Gasteiger partial charge in [-0.15, -0.1) is 0 Å². The van der Waals surface area contributed by atoms with E-state index in [9.17, 15) is 10.1 Å². The molecular formula is C11H17N5O3. The Morgan fingerprint density at radius 1 is 1.53 bits per heavy atom. The topological polar surface area (TPSA) is 116 Å². The highest BCUT2D eigenvalue weighted by Crippen LogP contribution is 2.32. The Morgan fingerprint density at radius 2 is 2.21 bits per heavy atom. The molecule has 1 fully saturated rings. The van der Waals surface area contributed by atoms with Gasteiger partial charge in [0.15, 0.2) is 0 Å². The highest BCUT2D eigenvalue weighted by molar-refractivity contribution is 5.67. The lowest BCUT2D eigenvalue weighted by Gasteiger charge is -2.33. The number of hydrogen-bond donors (Lipinski definition) is 2. The normalized spacial score (nSPS) is 17.9. The lowest BCUT2D eigenvalue weighted by molar-refractivity contribution is -0.383. The molecule has 1 aromatic rings. The quantitative estimate of drug-likeness (QED) is 0.621. The number of nitrogens with two attached hydrogens (primary N) is 1. The average Bonchev–Trinajstić information content (AvgIpc) is 2.37. The van der Waals surface area contributed by atoms with Crippen molar-refractivity contribution in [1.82, 2.24) is 9.97 Å². The minimum absolute atomic E-state index is 0.0475. The zero-order chi connectivity index (χ0) is 13.9. The number of anilines is 2. The molecule has 1 aromatic heterocycles. The van der Waals surface area contributed by atoms with Crippen molar-refractivity contribution < 1.29 is 9.66 Å². The van der Waals surface area contributed by atoms with E-state index in [1.807, 2.05) is 0 Å². The summed E-state index contributed by atoms with van der Waals surface area (Å²) in [6.07, 6.45) is 3.04. The summed E-state index contributed by atoms with van der Waals surface area (Å²) in [6.45, 7) is 4.14. The Labute approximate surface area is 110 Å². The number of aromatic nitrogens is 2. The van der Waals surface area contributed by atoms with Gasteiger partial charge in [-0.1, -0.05) is 6.92 Å². The van der Waals surface area contributed by atoms with Crippen LogP contribution >= 0.6 is 0 Å². The van der Waals surface area contributed by atoms with Crippen LogP contribution in [0.5, 0.6) is 0 Å². The molecule has 0 atom stereocenters. The maximum Gasteiger partial charge on any atom is 0.352 e. The SMILES string of the molecule is CC1(CNc2ncnc(N)c2[N+](=O)[O-])CCOCC1. The number of nitro groups is 1. The Bertz CT molecular complexity index is 473. The number of hydrogen-bond acceptors (Lipinski definition) is 7. The summed E-state index contributed by atoms with van der Waals surface area (Å²) in [5.74, 6) is 0.0462. The molecule has 8 heteroatoms. The maximum atomic E-state index is 11.0. The molecule has 0 aliphatic carbocycles. The largest absolute Gasteiger partial charge is 0.381 e.